The van der Waals surface area contributed by atoms with E-state index in [0.717, 1.165) is 0 Å². The molecule has 0 bridgehead atoms. The van der Waals surface area contributed by atoms with Gasteiger partial charge in [-0.1, -0.05) is 11.6 Å². The van der Waals surface area contributed by atoms with Gasteiger partial charge in [-0.15, -0.1) is 0 Å². The third-order valence-corrected chi connectivity index (χ3v) is 4.07. The largest absolute Gasteiger partial charge is 0.478 e. The van der Waals surface area contributed by atoms with Crippen molar-refractivity contribution in [2.75, 3.05) is 18.0 Å². The van der Waals surface area contributed by atoms with Gasteiger partial charge in [-0.2, -0.15) is 0 Å². The van der Waals surface area contributed by atoms with E-state index < -0.39 is 76.5 Å². The Labute approximate surface area is 214 Å². The minimum absolute atomic E-state index is 0.511. The number of carbonyl (C=O) groups excluding carboxylic acids is 3. The second-order valence-electron chi connectivity index (χ2n) is 10.7. The molecule has 202 valence electrons. The molecule has 1 aromatic heterocycles. The molecular formula is C23H33ClFN3O8. The molecule has 0 aliphatic heterocycles. The molecule has 0 radical (unpaired) electrons. The van der Waals surface area contributed by atoms with Gasteiger partial charge in [0.2, 0.25) is 0 Å². The minimum atomic E-state index is -1.53. The molecule has 1 rings (SSSR count). The summed E-state index contributed by atoms with van der Waals surface area (Å²) in [4.78, 5) is 54.8. The molecule has 0 fully saturated rings. The van der Waals surface area contributed by atoms with Crippen LogP contribution < -0.4 is 4.90 Å². The Morgan fingerprint density at radius 1 is 0.861 bits per heavy atom. The molecule has 0 aromatic carbocycles. The lowest BCUT2D eigenvalue weighted by molar-refractivity contribution is 0.00150. The van der Waals surface area contributed by atoms with E-state index in [0.29, 0.717) is 15.9 Å². The molecule has 0 atom stereocenters. The van der Waals surface area contributed by atoms with Crippen LogP contribution in [-0.2, 0) is 14.2 Å². The van der Waals surface area contributed by atoms with E-state index in [-0.39, 0.29) is 0 Å². The molecule has 1 heterocycles. The number of anilines is 1. The van der Waals surface area contributed by atoms with Crippen molar-refractivity contribution in [1.82, 2.24) is 9.88 Å². The number of rotatable bonds is 5. The second-order valence-corrected chi connectivity index (χ2v) is 11.0. The molecule has 0 aliphatic rings. The van der Waals surface area contributed by atoms with Crippen molar-refractivity contribution in [2.45, 2.75) is 79.1 Å². The maximum Gasteiger partial charge on any atom is 0.419 e. The Hall–Kier alpha value is -3.15. The van der Waals surface area contributed by atoms with Gasteiger partial charge in [-0.25, -0.2) is 33.5 Å². The van der Waals surface area contributed by atoms with Crippen LogP contribution in [0.2, 0.25) is 5.15 Å². The van der Waals surface area contributed by atoms with Gasteiger partial charge in [0.05, 0.1) is 12.1 Å². The van der Waals surface area contributed by atoms with Crippen molar-refractivity contribution >= 4 is 41.7 Å². The Morgan fingerprint density at radius 2 is 1.28 bits per heavy atom. The first-order chi connectivity index (χ1) is 16.1. The summed E-state index contributed by atoms with van der Waals surface area (Å²) in [5.74, 6) is -3.38. The number of hydrogen-bond acceptors (Lipinski definition) is 8. The first-order valence-corrected chi connectivity index (χ1v) is 11.3. The van der Waals surface area contributed by atoms with E-state index in [2.05, 4.69) is 4.98 Å². The zero-order valence-electron chi connectivity index (χ0n) is 21.9. The highest BCUT2D eigenvalue weighted by molar-refractivity contribution is 6.32. The van der Waals surface area contributed by atoms with Crippen LogP contribution in [0.5, 0.6) is 0 Å². The monoisotopic (exact) mass is 533 g/mol. The quantitative estimate of drug-likeness (QED) is 0.385. The van der Waals surface area contributed by atoms with E-state index in [1.165, 1.54) is 0 Å². The maximum atomic E-state index is 14.9. The SMILES string of the molecule is CC(C)(C)OC(=O)N(CCN(C(=O)OC(C)(C)C)c1nc(Cl)c(C(=O)O)cc1F)C(=O)OC(C)(C)C. The number of nitrogens with zero attached hydrogens (tertiary/aromatic N) is 3. The second kappa shape index (κ2) is 11.3. The Morgan fingerprint density at radius 3 is 1.67 bits per heavy atom. The molecule has 0 saturated heterocycles. The first kappa shape index (κ1) is 30.9. The molecule has 3 amide bonds. The fraction of sp³-hybridized carbons (Fsp3) is 0.609. The smallest absolute Gasteiger partial charge is 0.419 e. The molecule has 11 nitrogen and oxygen atoms in total. The van der Waals surface area contributed by atoms with Crippen molar-refractivity contribution < 1.29 is 42.9 Å². The predicted molar refractivity (Wildman–Crippen MR) is 129 cm³/mol. The Kier molecular flexibility index (Phi) is 9.67. The van der Waals surface area contributed by atoms with Gasteiger partial charge >= 0.3 is 24.2 Å². The number of carboxylic acid groups (broad SMARTS) is 1. The average molecular weight is 534 g/mol. The minimum Gasteiger partial charge on any atom is -0.478 e. The highest BCUT2D eigenvalue weighted by Gasteiger charge is 2.34. The Balaban J connectivity index is 3.45. The van der Waals surface area contributed by atoms with Crippen LogP contribution in [-0.4, -0.2) is 69.1 Å². The van der Waals surface area contributed by atoms with Crippen molar-refractivity contribution in [3.05, 3.63) is 22.6 Å². The van der Waals surface area contributed by atoms with Crippen molar-refractivity contribution in [3.8, 4) is 0 Å². The highest BCUT2D eigenvalue weighted by Crippen LogP contribution is 2.25. The highest BCUT2D eigenvalue weighted by atomic mass is 35.5. The van der Waals surface area contributed by atoms with Gasteiger partial charge in [0.1, 0.15) is 22.0 Å². The fourth-order valence-corrected chi connectivity index (χ4v) is 2.70. The average Bonchev–Trinajstić information content (AvgIpc) is 2.62. The summed E-state index contributed by atoms with van der Waals surface area (Å²) < 4.78 is 30.8. The van der Waals surface area contributed by atoms with Crippen LogP contribution >= 0.6 is 11.6 Å². The van der Waals surface area contributed by atoms with Crippen LogP contribution in [0.3, 0.4) is 0 Å². The van der Waals surface area contributed by atoms with E-state index in [4.69, 9.17) is 30.9 Å². The number of carbonyl (C=O) groups is 4. The molecule has 0 unspecified atom stereocenters. The Bertz CT molecular complexity index is 984. The summed E-state index contributed by atoms with van der Waals surface area (Å²) in [6.07, 6.45) is -3.21. The summed E-state index contributed by atoms with van der Waals surface area (Å²) in [6.45, 7) is 13.2. The zero-order chi connectivity index (χ0) is 28.2. The number of hydrogen-bond donors (Lipinski definition) is 1. The summed E-state index contributed by atoms with van der Waals surface area (Å²) in [7, 11) is 0. The number of amides is 3. The van der Waals surface area contributed by atoms with Crippen molar-refractivity contribution in [1.29, 1.82) is 0 Å². The predicted octanol–water partition coefficient (Wildman–Crippen LogP) is 5.49. The van der Waals surface area contributed by atoms with Gasteiger partial charge in [-0.3, -0.25) is 4.90 Å². The van der Waals surface area contributed by atoms with E-state index >= 15 is 0 Å². The topological polar surface area (TPSA) is 136 Å². The number of ether oxygens (including phenoxy) is 3. The van der Waals surface area contributed by atoms with Gasteiger partial charge in [0, 0.05) is 6.54 Å². The number of halogens is 2. The zero-order valence-corrected chi connectivity index (χ0v) is 22.7. The molecule has 36 heavy (non-hydrogen) atoms. The van der Waals surface area contributed by atoms with Crippen LogP contribution in [0.25, 0.3) is 0 Å². The first-order valence-electron chi connectivity index (χ1n) is 10.9. The molecule has 1 aromatic rings. The lowest BCUT2D eigenvalue weighted by atomic mass is 10.2. The van der Waals surface area contributed by atoms with Crippen LogP contribution in [0.1, 0.15) is 72.7 Å². The number of aromatic nitrogens is 1. The number of aromatic carboxylic acids is 1. The van der Waals surface area contributed by atoms with Gasteiger partial charge in [0.15, 0.2) is 11.6 Å². The van der Waals surface area contributed by atoms with E-state index in [1.807, 2.05) is 0 Å². The molecular weight excluding hydrogens is 501 g/mol. The third-order valence-electron chi connectivity index (χ3n) is 3.79. The van der Waals surface area contributed by atoms with Crippen LogP contribution in [0, 0.1) is 5.82 Å². The molecule has 1 N–H and O–H groups in total. The summed E-state index contributed by atoms with van der Waals surface area (Å²) in [5.41, 5.74) is -3.55. The van der Waals surface area contributed by atoms with Crippen molar-refractivity contribution in [3.63, 3.8) is 0 Å². The molecule has 0 saturated carbocycles. The van der Waals surface area contributed by atoms with Gasteiger partial charge in [0.25, 0.3) is 0 Å². The van der Waals surface area contributed by atoms with Gasteiger partial charge in [-0.05, 0) is 68.4 Å². The van der Waals surface area contributed by atoms with Crippen LogP contribution in [0.4, 0.5) is 24.6 Å². The molecule has 0 aliphatic carbocycles. The van der Waals surface area contributed by atoms with E-state index in [1.54, 1.807) is 62.3 Å². The number of pyridine rings is 1. The summed E-state index contributed by atoms with van der Waals surface area (Å²) in [5, 5.41) is 8.58. The maximum absolute atomic E-state index is 14.9. The van der Waals surface area contributed by atoms with Crippen LogP contribution in [0.15, 0.2) is 6.07 Å². The summed E-state index contributed by atoms with van der Waals surface area (Å²) in [6, 6.07) is 0.601. The third kappa shape index (κ3) is 9.84. The lowest BCUT2D eigenvalue weighted by Crippen LogP contribution is -2.48. The molecule has 0 spiro atoms. The number of carboxylic acids is 1. The van der Waals surface area contributed by atoms with Gasteiger partial charge < -0.3 is 19.3 Å². The lowest BCUT2D eigenvalue weighted by Gasteiger charge is -2.31. The standard InChI is InChI=1S/C23H33ClFN3O8/c1-21(2,3)34-18(31)27(16-14(25)12-13(17(29)30)15(24)26-16)10-11-28(19(32)35-22(4,5)6)20(33)36-23(7,8)9/h12H,10-11H2,1-9H3,(H,29,30). The fourth-order valence-electron chi connectivity index (χ4n) is 2.49. The summed E-state index contributed by atoms with van der Waals surface area (Å²) >= 11 is 5.89. The normalized spacial score (nSPS) is 12.0. The number of imide groups is 1. The molecule has 13 heteroatoms. The van der Waals surface area contributed by atoms with E-state index in [9.17, 15) is 23.6 Å². The van der Waals surface area contributed by atoms with Crippen molar-refractivity contribution in [2.24, 2.45) is 0 Å².